The SMILES string of the molecule is C[Si](C)(C)C#CC#Cc1ccc(-c2ccccc2)cc1. The molecule has 0 aliphatic rings. The Balaban J connectivity index is 2.13. The van der Waals surface area contributed by atoms with E-state index in [0.717, 1.165) is 5.56 Å². The molecule has 0 spiro atoms. The van der Waals surface area contributed by atoms with Crippen LogP contribution in [-0.4, -0.2) is 8.07 Å². The Morgan fingerprint density at radius 3 is 1.90 bits per heavy atom. The van der Waals surface area contributed by atoms with Gasteiger partial charge in [-0.1, -0.05) is 68.0 Å². The lowest BCUT2D eigenvalue weighted by atomic mass is 10.0. The van der Waals surface area contributed by atoms with Gasteiger partial charge in [0.25, 0.3) is 0 Å². The van der Waals surface area contributed by atoms with Gasteiger partial charge >= 0.3 is 0 Å². The largest absolute Gasteiger partial charge is 0.130 e. The van der Waals surface area contributed by atoms with Crippen molar-refractivity contribution in [3.05, 3.63) is 60.2 Å². The van der Waals surface area contributed by atoms with Crippen molar-refractivity contribution < 1.29 is 0 Å². The molecular formula is C19H18Si. The number of rotatable bonds is 1. The molecule has 0 saturated heterocycles. The summed E-state index contributed by atoms with van der Waals surface area (Å²) >= 11 is 0. The van der Waals surface area contributed by atoms with E-state index in [1.165, 1.54) is 11.1 Å². The highest BCUT2D eigenvalue weighted by molar-refractivity contribution is 6.83. The summed E-state index contributed by atoms with van der Waals surface area (Å²) in [5, 5.41) is 0. The zero-order valence-electron chi connectivity index (χ0n) is 12.2. The zero-order valence-corrected chi connectivity index (χ0v) is 13.2. The second-order valence-corrected chi connectivity index (χ2v) is 10.4. The normalized spacial score (nSPS) is 9.95. The fourth-order valence-electron chi connectivity index (χ4n) is 1.70. The summed E-state index contributed by atoms with van der Waals surface area (Å²) in [5.74, 6) is 9.01. The summed E-state index contributed by atoms with van der Waals surface area (Å²) in [7, 11) is -1.31. The fourth-order valence-corrected chi connectivity index (χ4v) is 2.14. The molecule has 0 radical (unpaired) electrons. The third-order valence-electron chi connectivity index (χ3n) is 2.70. The molecule has 20 heavy (non-hydrogen) atoms. The van der Waals surface area contributed by atoms with Gasteiger partial charge in [-0.15, -0.1) is 5.54 Å². The Bertz CT molecular complexity index is 681. The molecule has 98 valence electrons. The minimum atomic E-state index is -1.31. The third-order valence-corrected chi connectivity index (χ3v) is 3.57. The minimum Gasteiger partial charge on any atom is -0.118 e. The summed E-state index contributed by atoms with van der Waals surface area (Å²) < 4.78 is 0. The van der Waals surface area contributed by atoms with Crippen LogP contribution in [0, 0.1) is 23.3 Å². The zero-order chi connectivity index (χ0) is 14.4. The topological polar surface area (TPSA) is 0 Å². The van der Waals surface area contributed by atoms with Crippen molar-refractivity contribution in [3.8, 4) is 34.4 Å². The average Bonchev–Trinajstić information content (AvgIpc) is 2.44. The molecule has 0 fully saturated rings. The Morgan fingerprint density at radius 2 is 1.30 bits per heavy atom. The lowest BCUT2D eigenvalue weighted by molar-refractivity contribution is 1.59. The quantitative estimate of drug-likeness (QED) is 0.527. The molecule has 1 heteroatoms. The first-order valence-electron chi connectivity index (χ1n) is 6.73. The number of benzene rings is 2. The van der Waals surface area contributed by atoms with Gasteiger partial charge in [0.15, 0.2) is 0 Å². The number of hydrogen-bond acceptors (Lipinski definition) is 0. The highest BCUT2D eigenvalue weighted by atomic mass is 28.3. The van der Waals surface area contributed by atoms with E-state index in [9.17, 15) is 0 Å². The van der Waals surface area contributed by atoms with Gasteiger partial charge < -0.3 is 0 Å². The molecule has 0 aromatic heterocycles. The molecule has 0 nitrogen and oxygen atoms in total. The molecule has 0 atom stereocenters. The maximum Gasteiger partial charge on any atom is 0.130 e. The first-order valence-corrected chi connectivity index (χ1v) is 10.2. The smallest absolute Gasteiger partial charge is 0.118 e. The second-order valence-electron chi connectivity index (χ2n) is 5.69. The van der Waals surface area contributed by atoms with Gasteiger partial charge in [-0.05, 0) is 35.1 Å². The lowest BCUT2D eigenvalue weighted by Gasteiger charge is -2.01. The van der Waals surface area contributed by atoms with Crippen LogP contribution in [-0.2, 0) is 0 Å². The highest BCUT2D eigenvalue weighted by Gasteiger charge is 2.06. The Hall–Kier alpha value is -2.22. The molecule has 0 aliphatic heterocycles. The van der Waals surface area contributed by atoms with Crippen LogP contribution in [0.1, 0.15) is 5.56 Å². The summed E-state index contributed by atoms with van der Waals surface area (Å²) in [6, 6.07) is 18.7. The van der Waals surface area contributed by atoms with Crippen LogP contribution in [0.4, 0.5) is 0 Å². The van der Waals surface area contributed by atoms with Gasteiger partial charge in [0, 0.05) is 5.56 Å². The van der Waals surface area contributed by atoms with E-state index in [2.05, 4.69) is 79.3 Å². The van der Waals surface area contributed by atoms with Gasteiger partial charge in [-0.3, -0.25) is 0 Å². The Labute approximate surface area is 122 Å². The molecule has 0 N–H and O–H groups in total. The molecule has 0 amide bonds. The van der Waals surface area contributed by atoms with Crippen LogP contribution >= 0.6 is 0 Å². The van der Waals surface area contributed by atoms with Gasteiger partial charge in [0.2, 0.25) is 0 Å². The predicted molar refractivity (Wildman–Crippen MR) is 89.9 cm³/mol. The monoisotopic (exact) mass is 274 g/mol. The Morgan fingerprint density at radius 1 is 0.700 bits per heavy atom. The predicted octanol–water partition coefficient (Wildman–Crippen LogP) is 4.59. The van der Waals surface area contributed by atoms with Crippen molar-refractivity contribution in [3.63, 3.8) is 0 Å². The van der Waals surface area contributed by atoms with Crippen molar-refractivity contribution in [2.45, 2.75) is 19.6 Å². The van der Waals surface area contributed by atoms with E-state index >= 15 is 0 Å². The van der Waals surface area contributed by atoms with E-state index < -0.39 is 8.07 Å². The van der Waals surface area contributed by atoms with E-state index in [1.807, 2.05) is 18.2 Å². The van der Waals surface area contributed by atoms with Crippen LogP contribution in [0.25, 0.3) is 11.1 Å². The van der Waals surface area contributed by atoms with Crippen LogP contribution in [0.3, 0.4) is 0 Å². The van der Waals surface area contributed by atoms with E-state index in [-0.39, 0.29) is 0 Å². The Kier molecular flexibility index (Phi) is 4.46. The van der Waals surface area contributed by atoms with Crippen molar-refractivity contribution in [1.29, 1.82) is 0 Å². The lowest BCUT2D eigenvalue weighted by Crippen LogP contribution is -2.16. The molecular weight excluding hydrogens is 256 g/mol. The standard InChI is InChI=1S/C19H18Si/c1-20(2,3)16-8-7-9-17-12-14-19(15-13-17)18-10-5-4-6-11-18/h4-6,10-15H,1-3H3. The minimum absolute atomic E-state index is 1.01. The molecule has 2 rings (SSSR count). The van der Waals surface area contributed by atoms with Crippen molar-refractivity contribution >= 4 is 8.07 Å². The number of hydrogen-bond donors (Lipinski definition) is 0. The molecule has 0 aliphatic carbocycles. The van der Waals surface area contributed by atoms with E-state index in [4.69, 9.17) is 0 Å². The maximum atomic E-state index is 3.24. The van der Waals surface area contributed by atoms with Crippen LogP contribution in [0.15, 0.2) is 54.6 Å². The fraction of sp³-hybridized carbons (Fsp3) is 0.158. The first-order chi connectivity index (χ1) is 9.54. The summed E-state index contributed by atoms with van der Waals surface area (Å²) in [6.07, 6.45) is 0. The summed E-state index contributed by atoms with van der Waals surface area (Å²) in [4.78, 5) is 0. The van der Waals surface area contributed by atoms with Gasteiger partial charge in [-0.2, -0.15) is 0 Å². The third kappa shape index (κ3) is 4.46. The highest BCUT2D eigenvalue weighted by Crippen LogP contribution is 2.18. The average molecular weight is 274 g/mol. The van der Waals surface area contributed by atoms with Crippen LogP contribution in [0.2, 0.25) is 19.6 Å². The molecule has 0 bridgehead atoms. The molecule has 0 heterocycles. The maximum absolute atomic E-state index is 3.24. The van der Waals surface area contributed by atoms with Gasteiger partial charge in [0.05, 0.1) is 0 Å². The second kappa shape index (κ2) is 6.28. The van der Waals surface area contributed by atoms with Crippen LogP contribution < -0.4 is 0 Å². The molecule has 2 aromatic carbocycles. The van der Waals surface area contributed by atoms with Crippen molar-refractivity contribution in [1.82, 2.24) is 0 Å². The molecule has 0 saturated carbocycles. The van der Waals surface area contributed by atoms with E-state index in [0.29, 0.717) is 0 Å². The van der Waals surface area contributed by atoms with E-state index in [1.54, 1.807) is 0 Å². The molecule has 0 unspecified atom stereocenters. The van der Waals surface area contributed by atoms with Gasteiger partial charge in [0.1, 0.15) is 8.07 Å². The summed E-state index contributed by atoms with van der Waals surface area (Å²) in [6.45, 7) is 6.66. The molecule has 2 aromatic rings. The van der Waals surface area contributed by atoms with Crippen molar-refractivity contribution in [2.75, 3.05) is 0 Å². The van der Waals surface area contributed by atoms with Crippen LogP contribution in [0.5, 0.6) is 0 Å². The first kappa shape index (κ1) is 14.2. The van der Waals surface area contributed by atoms with Crippen molar-refractivity contribution in [2.24, 2.45) is 0 Å². The van der Waals surface area contributed by atoms with Gasteiger partial charge in [-0.25, -0.2) is 0 Å². The summed E-state index contributed by atoms with van der Waals surface area (Å²) in [5.41, 5.74) is 6.69.